The van der Waals surface area contributed by atoms with E-state index in [2.05, 4.69) is 33.1 Å². The van der Waals surface area contributed by atoms with Crippen molar-refractivity contribution in [3.8, 4) is 0 Å². The summed E-state index contributed by atoms with van der Waals surface area (Å²) < 4.78 is 1.07. The van der Waals surface area contributed by atoms with Crippen molar-refractivity contribution in [1.29, 1.82) is 0 Å². The third-order valence-electron chi connectivity index (χ3n) is 2.92. The van der Waals surface area contributed by atoms with Crippen LogP contribution in [0.15, 0.2) is 29.4 Å². The molecule has 2 rings (SSSR count). The Morgan fingerprint density at radius 1 is 1.44 bits per heavy atom. The molecule has 1 aliphatic carbocycles. The number of nitrogens with one attached hydrogen (secondary N) is 1. The van der Waals surface area contributed by atoms with Crippen molar-refractivity contribution in [2.45, 2.75) is 18.9 Å². The molecule has 1 fully saturated rings. The van der Waals surface area contributed by atoms with Crippen LogP contribution in [0.5, 0.6) is 0 Å². The molecule has 1 aliphatic rings. The van der Waals surface area contributed by atoms with E-state index < -0.39 is 0 Å². The summed E-state index contributed by atoms with van der Waals surface area (Å²) in [4.78, 5) is 12.0. The first-order chi connectivity index (χ1) is 8.61. The maximum absolute atomic E-state index is 12.0. The average Bonchev–Trinajstić information content (AvgIpc) is 3.20. The molecule has 1 unspecified atom stereocenters. The standard InChI is InChI=1S/C12H14IN3O2/c13-9-5-3-8(4-6-9)12(17)15-10(7-1-2-7)11(14)16-18/h3-7,10,18H,1-2H2,(H2,14,16)(H,15,17). The molecule has 0 heterocycles. The Balaban J connectivity index is 2.07. The highest BCUT2D eigenvalue weighted by atomic mass is 127. The Labute approximate surface area is 119 Å². The van der Waals surface area contributed by atoms with Crippen LogP contribution in [-0.2, 0) is 0 Å². The molecule has 5 nitrogen and oxygen atoms in total. The van der Waals surface area contributed by atoms with Gasteiger partial charge in [0.1, 0.15) is 0 Å². The van der Waals surface area contributed by atoms with Crippen molar-refractivity contribution >= 4 is 34.3 Å². The number of carbonyl (C=O) groups is 1. The topological polar surface area (TPSA) is 87.7 Å². The Bertz CT molecular complexity index is 469. The number of halogens is 1. The molecule has 18 heavy (non-hydrogen) atoms. The van der Waals surface area contributed by atoms with E-state index in [9.17, 15) is 4.79 Å². The highest BCUT2D eigenvalue weighted by Gasteiger charge is 2.35. The van der Waals surface area contributed by atoms with Gasteiger partial charge in [-0.3, -0.25) is 4.79 Å². The largest absolute Gasteiger partial charge is 0.409 e. The van der Waals surface area contributed by atoms with E-state index in [0.29, 0.717) is 5.56 Å². The first-order valence-electron chi connectivity index (χ1n) is 5.65. The van der Waals surface area contributed by atoms with Crippen molar-refractivity contribution in [1.82, 2.24) is 5.32 Å². The second-order valence-corrected chi connectivity index (χ2v) is 5.57. The van der Waals surface area contributed by atoms with Gasteiger partial charge in [-0.2, -0.15) is 0 Å². The molecule has 1 saturated carbocycles. The third kappa shape index (κ3) is 3.12. The van der Waals surface area contributed by atoms with E-state index in [-0.39, 0.29) is 23.7 Å². The molecule has 0 saturated heterocycles. The lowest BCUT2D eigenvalue weighted by Gasteiger charge is -2.16. The van der Waals surface area contributed by atoms with Crippen LogP contribution in [-0.4, -0.2) is 23.0 Å². The van der Waals surface area contributed by atoms with E-state index in [1.165, 1.54) is 0 Å². The first-order valence-corrected chi connectivity index (χ1v) is 6.73. The lowest BCUT2D eigenvalue weighted by molar-refractivity contribution is 0.0943. The van der Waals surface area contributed by atoms with Gasteiger partial charge in [0.2, 0.25) is 0 Å². The Hall–Kier alpha value is -1.31. The van der Waals surface area contributed by atoms with Crippen LogP contribution < -0.4 is 11.1 Å². The first kappa shape index (κ1) is 13.1. The van der Waals surface area contributed by atoms with Crippen molar-refractivity contribution < 1.29 is 10.0 Å². The predicted octanol–water partition coefficient (Wildman–Crippen LogP) is 1.55. The summed E-state index contributed by atoms with van der Waals surface area (Å²) in [6.45, 7) is 0. The summed E-state index contributed by atoms with van der Waals surface area (Å²) in [5.74, 6) is 0.153. The maximum atomic E-state index is 12.0. The molecule has 0 radical (unpaired) electrons. The zero-order valence-corrected chi connectivity index (χ0v) is 11.8. The second-order valence-electron chi connectivity index (χ2n) is 4.32. The van der Waals surface area contributed by atoms with E-state index in [1.807, 2.05) is 12.1 Å². The monoisotopic (exact) mass is 359 g/mol. The number of amides is 1. The van der Waals surface area contributed by atoms with Crippen LogP contribution in [0.4, 0.5) is 0 Å². The van der Waals surface area contributed by atoms with E-state index in [4.69, 9.17) is 10.9 Å². The van der Waals surface area contributed by atoms with Gasteiger partial charge < -0.3 is 16.3 Å². The fourth-order valence-electron chi connectivity index (χ4n) is 1.75. The summed E-state index contributed by atoms with van der Waals surface area (Å²) in [5, 5.41) is 14.5. The number of rotatable bonds is 4. The SMILES string of the molecule is NC(=NO)C(NC(=O)c1ccc(I)cc1)C1CC1. The summed E-state index contributed by atoms with van der Waals surface area (Å²) >= 11 is 2.18. The van der Waals surface area contributed by atoms with Crippen LogP contribution in [0, 0.1) is 9.49 Å². The molecule has 0 bridgehead atoms. The summed E-state index contributed by atoms with van der Waals surface area (Å²) in [6.07, 6.45) is 1.99. The van der Waals surface area contributed by atoms with Crippen molar-refractivity contribution in [2.24, 2.45) is 16.8 Å². The van der Waals surface area contributed by atoms with Crippen LogP contribution in [0.25, 0.3) is 0 Å². The van der Waals surface area contributed by atoms with Crippen molar-refractivity contribution in [3.05, 3.63) is 33.4 Å². The summed E-state index contributed by atoms with van der Waals surface area (Å²) in [7, 11) is 0. The van der Waals surface area contributed by atoms with Gasteiger partial charge in [0.05, 0.1) is 6.04 Å². The van der Waals surface area contributed by atoms with Crippen LogP contribution in [0.2, 0.25) is 0 Å². The molecule has 1 aromatic carbocycles. The summed E-state index contributed by atoms with van der Waals surface area (Å²) in [6, 6.07) is 6.87. The van der Waals surface area contributed by atoms with Gasteiger partial charge in [-0.1, -0.05) is 5.16 Å². The smallest absolute Gasteiger partial charge is 0.251 e. The third-order valence-corrected chi connectivity index (χ3v) is 3.64. The number of hydrogen-bond acceptors (Lipinski definition) is 3. The molecular formula is C12H14IN3O2. The minimum atomic E-state index is -0.373. The Morgan fingerprint density at radius 3 is 2.56 bits per heavy atom. The molecule has 1 amide bonds. The van der Waals surface area contributed by atoms with Crippen LogP contribution in [0.3, 0.4) is 0 Å². The highest BCUT2D eigenvalue weighted by Crippen LogP contribution is 2.32. The van der Waals surface area contributed by atoms with Gasteiger partial charge in [0.15, 0.2) is 5.84 Å². The molecule has 0 aliphatic heterocycles. The second kappa shape index (κ2) is 5.55. The van der Waals surface area contributed by atoms with E-state index >= 15 is 0 Å². The van der Waals surface area contributed by atoms with Crippen LogP contribution >= 0.6 is 22.6 Å². The summed E-state index contributed by atoms with van der Waals surface area (Å²) in [5.41, 5.74) is 6.17. The van der Waals surface area contributed by atoms with Gasteiger partial charge in [0.25, 0.3) is 5.91 Å². The maximum Gasteiger partial charge on any atom is 0.251 e. The molecular weight excluding hydrogens is 345 g/mol. The lowest BCUT2D eigenvalue weighted by Crippen LogP contribution is -2.46. The number of amidine groups is 1. The zero-order valence-electron chi connectivity index (χ0n) is 9.64. The van der Waals surface area contributed by atoms with Crippen LogP contribution in [0.1, 0.15) is 23.2 Å². The molecule has 0 spiro atoms. The minimum Gasteiger partial charge on any atom is -0.409 e. The number of oxime groups is 1. The van der Waals surface area contributed by atoms with E-state index in [0.717, 1.165) is 16.4 Å². The predicted molar refractivity (Wildman–Crippen MR) is 76.5 cm³/mol. The number of nitrogens with two attached hydrogens (primary N) is 1. The Kier molecular flexibility index (Phi) is 4.05. The number of carbonyl (C=O) groups excluding carboxylic acids is 1. The van der Waals surface area contributed by atoms with Gasteiger partial charge in [-0.15, -0.1) is 0 Å². The van der Waals surface area contributed by atoms with E-state index in [1.54, 1.807) is 12.1 Å². The van der Waals surface area contributed by atoms with Crippen molar-refractivity contribution in [2.75, 3.05) is 0 Å². The van der Waals surface area contributed by atoms with Gasteiger partial charge >= 0.3 is 0 Å². The quantitative estimate of drug-likeness (QED) is 0.251. The number of nitrogens with zero attached hydrogens (tertiary/aromatic N) is 1. The molecule has 6 heteroatoms. The normalized spacial score (nSPS) is 17.3. The number of benzene rings is 1. The fraction of sp³-hybridized carbons (Fsp3) is 0.333. The lowest BCUT2D eigenvalue weighted by atomic mass is 10.1. The molecule has 4 N–H and O–H groups in total. The Morgan fingerprint density at radius 2 is 2.06 bits per heavy atom. The molecule has 96 valence electrons. The molecule has 0 aromatic heterocycles. The molecule has 1 atom stereocenters. The fourth-order valence-corrected chi connectivity index (χ4v) is 2.11. The number of hydrogen-bond donors (Lipinski definition) is 3. The van der Waals surface area contributed by atoms with Gasteiger partial charge in [-0.05, 0) is 65.6 Å². The zero-order chi connectivity index (χ0) is 13.1. The van der Waals surface area contributed by atoms with Crippen molar-refractivity contribution in [3.63, 3.8) is 0 Å². The molecule has 1 aromatic rings. The van der Waals surface area contributed by atoms with Gasteiger partial charge in [0, 0.05) is 9.13 Å². The highest BCUT2D eigenvalue weighted by molar-refractivity contribution is 14.1. The minimum absolute atomic E-state index is 0.0661. The average molecular weight is 359 g/mol. The van der Waals surface area contributed by atoms with Gasteiger partial charge in [-0.25, -0.2) is 0 Å².